The molecule has 0 aliphatic rings. The van der Waals surface area contributed by atoms with Crippen molar-refractivity contribution in [3.05, 3.63) is 63.6 Å². The van der Waals surface area contributed by atoms with Gasteiger partial charge in [-0.3, -0.25) is 4.79 Å². The fourth-order valence-electron chi connectivity index (χ4n) is 1.94. The van der Waals surface area contributed by atoms with E-state index in [2.05, 4.69) is 5.32 Å². The maximum atomic E-state index is 12.2. The molecular weight excluding hydrogens is 347 g/mol. The summed E-state index contributed by atoms with van der Waals surface area (Å²) in [5.41, 5.74) is 0.984. The summed E-state index contributed by atoms with van der Waals surface area (Å²) in [4.78, 5) is 12.2. The molecule has 122 valence electrons. The number of benzene rings is 2. The van der Waals surface area contributed by atoms with Gasteiger partial charge in [-0.1, -0.05) is 35.3 Å². The van der Waals surface area contributed by atoms with Crippen LogP contribution in [0.3, 0.4) is 0 Å². The average molecular weight is 361 g/mol. The Labute approximate surface area is 150 Å². The highest BCUT2D eigenvalue weighted by atomic mass is 35.5. The molecule has 0 saturated heterocycles. The van der Waals surface area contributed by atoms with Gasteiger partial charge >= 0.3 is 0 Å². The van der Waals surface area contributed by atoms with Crippen molar-refractivity contribution in [2.75, 3.05) is 11.9 Å². The standard InChI is InChI=1S/C18H14Cl2N2O2/c1-2-24-15-8-6-14(7-9-15)22-18(23)13(11-21)10-12-4-3-5-16(19)17(12)20/h3-10H,2H2,1H3,(H,22,23)/b13-10+. The molecule has 2 aromatic rings. The summed E-state index contributed by atoms with van der Waals surface area (Å²) in [5.74, 6) is 0.176. The van der Waals surface area contributed by atoms with Crippen LogP contribution in [0.1, 0.15) is 12.5 Å². The summed E-state index contributed by atoms with van der Waals surface area (Å²) in [6.45, 7) is 2.45. The first kappa shape index (κ1) is 17.9. The van der Waals surface area contributed by atoms with E-state index < -0.39 is 5.91 Å². The lowest BCUT2D eigenvalue weighted by Crippen LogP contribution is -2.13. The third-order valence-electron chi connectivity index (χ3n) is 3.07. The van der Waals surface area contributed by atoms with Gasteiger partial charge in [-0.05, 0) is 48.9 Å². The van der Waals surface area contributed by atoms with Crippen LogP contribution in [-0.2, 0) is 4.79 Å². The minimum absolute atomic E-state index is 0.0759. The second kappa shape index (κ2) is 8.39. The normalized spacial score (nSPS) is 10.8. The zero-order valence-electron chi connectivity index (χ0n) is 12.8. The second-order valence-electron chi connectivity index (χ2n) is 4.72. The van der Waals surface area contributed by atoms with Crippen LogP contribution in [0.5, 0.6) is 5.75 Å². The number of anilines is 1. The molecule has 2 aromatic carbocycles. The molecule has 0 spiro atoms. The molecule has 1 N–H and O–H groups in total. The quantitative estimate of drug-likeness (QED) is 0.606. The molecule has 0 aliphatic carbocycles. The van der Waals surface area contributed by atoms with Crippen molar-refractivity contribution in [2.24, 2.45) is 0 Å². The number of hydrogen-bond acceptors (Lipinski definition) is 3. The number of halogens is 2. The van der Waals surface area contributed by atoms with Crippen molar-refractivity contribution in [3.8, 4) is 11.8 Å². The van der Waals surface area contributed by atoms with Gasteiger partial charge in [0, 0.05) is 5.69 Å². The predicted molar refractivity (Wildman–Crippen MR) is 96.3 cm³/mol. The van der Waals surface area contributed by atoms with E-state index in [0.29, 0.717) is 33.7 Å². The number of nitrogens with zero attached hydrogens (tertiary/aromatic N) is 1. The third-order valence-corrected chi connectivity index (χ3v) is 3.90. The Morgan fingerprint density at radius 1 is 1.25 bits per heavy atom. The molecule has 6 heteroatoms. The summed E-state index contributed by atoms with van der Waals surface area (Å²) in [6, 6.07) is 13.7. The topological polar surface area (TPSA) is 62.1 Å². The van der Waals surface area contributed by atoms with Gasteiger partial charge in [0.1, 0.15) is 17.4 Å². The summed E-state index contributed by atoms with van der Waals surface area (Å²) >= 11 is 12.0. The highest BCUT2D eigenvalue weighted by Gasteiger charge is 2.11. The maximum absolute atomic E-state index is 12.2. The van der Waals surface area contributed by atoms with Crippen LogP contribution < -0.4 is 10.1 Å². The molecule has 0 bridgehead atoms. The number of ether oxygens (including phenoxy) is 1. The minimum Gasteiger partial charge on any atom is -0.494 e. The van der Waals surface area contributed by atoms with Gasteiger partial charge in [0.2, 0.25) is 0 Å². The number of nitriles is 1. The lowest BCUT2D eigenvalue weighted by molar-refractivity contribution is -0.112. The summed E-state index contributed by atoms with van der Waals surface area (Å²) in [6.07, 6.45) is 1.40. The van der Waals surface area contributed by atoms with Crippen LogP contribution in [-0.4, -0.2) is 12.5 Å². The molecule has 0 aliphatic heterocycles. The zero-order valence-corrected chi connectivity index (χ0v) is 14.4. The first-order valence-electron chi connectivity index (χ1n) is 7.15. The molecule has 0 aromatic heterocycles. The van der Waals surface area contributed by atoms with Crippen molar-refractivity contribution in [1.29, 1.82) is 5.26 Å². The Morgan fingerprint density at radius 2 is 1.96 bits per heavy atom. The fraction of sp³-hybridized carbons (Fsp3) is 0.111. The van der Waals surface area contributed by atoms with Crippen molar-refractivity contribution >= 4 is 40.9 Å². The lowest BCUT2D eigenvalue weighted by atomic mass is 10.1. The highest BCUT2D eigenvalue weighted by Crippen LogP contribution is 2.27. The zero-order chi connectivity index (χ0) is 17.5. The Bertz CT molecular complexity index is 809. The van der Waals surface area contributed by atoms with Crippen molar-refractivity contribution in [2.45, 2.75) is 6.92 Å². The first-order valence-corrected chi connectivity index (χ1v) is 7.90. The van der Waals surface area contributed by atoms with Gasteiger partial charge in [0.25, 0.3) is 5.91 Å². The SMILES string of the molecule is CCOc1ccc(NC(=O)/C(C#N)=C/c2cccc(Cl)c2Cl)cc1. The number of hydrogen-bond donors (Lipinski definition) is 1. The molecule has 0 saturated carbocycles. The summed E-state index contributed by atoms with van der Waals surface area (Å²) in [5, 5.41) is 12.5. The Balaban J connectivity index is 2.18. The third kappa shape index (κ3) is 4.51. The predicted octanol–water partition coefficient (Wildman–Crippen LogP) is 4.94. The molecule has 0 heterocycles. The summed E-state index contributed by atoms with van der Waals surface area (Å²) in [7, 11) is 0. The average Bonchev–Trinajstić information content (AvgIpc) is 2.58. The van der Waals surface area contributed by atoms with Crippen LogP contribution in [0.25, 0.3) is 6.08 Å². The van der Waals surface area contributed by atoms with Gasteiger partial charge < -0.3 is 10.1 Å². The number of carbonyl (C=O) groups excluding carboxylic acids is 1. The lowest BCUT2D eigenvalue weighted by Gasteiger charge is -2.07. The van der Waals surface area contributed by atoms with E-state index in [1.807, 2.05) is 13.0 Å². The van der Waals surface area contributed by atoms with E-state index in [1.54, 1.807) is 42.5 Å². The van der Waals surface area contributed by atoms with Crippen LogP contribution in [0.4, 0.5) is 5.69 Å². The van der Waals surface area contributed by atoms with E-state index >= 15 is 0 Å². The fourth-order valence-corrected chi connectivity index (χ4v) is 2.30. The van der Waals surface area contributed by atoms with Crippen molar-refractivity contribution in [3.63, 3.8) is 0 Å². The minimum atomic E-state index is -0.530. The Kier molecular flexibility index (Phi) is 6.25. The monoisotopic (exact) mass is 360 g/mol. The van der Waals surface area contributed by atoms with Crippen LogP contribution in [0.2, 0.25) is 10.0 Å². The van der Waals surface area contributed by atoms with Crippen LogP contribution in [0, 0.1) is 11.3 Å². The largest absolute Gasteiger partial charge is 0.494 e. The maximum Gasteiger partial charge on any atom is 0.266 e. The van der Waals surface area contributed by atoms with Gasteiger partial charge in [-0.2, -0.15) is 5.26 Å². The Hall–Kier alpha value is -2.48. The molecule has 2 rings (SSSR count). The molecule has 0 atom stereocenters. The van der Waals surface area contributed by atoms with Crippen LogP contribution >= 0.6 is 23.2 Å². The van der Waals surface area contributed by atoms with E-state index in [4.69, 9.17) is 27.9 Å². The van der Waals surface area contributed by atoms with Crippen molar-refractivity contribution in [1.82, 2.24) is 0 Å². The number of amides is 1. The molecular formula is C18H14Cl2N2O2. The van der Waals surface area contributed by atoms with Crippen molar-refractivity contribution < 1.29 is 9.53 Å². The smallest absolute Gasteiger partial charge is 0.266 e. The molecule has 0 unspecified atom stereocenters. The van der Waals surface area contributed by atoms with Gasteiger partial charge in [0.15, 0.2) is 0 Å². The molecule has 0 fully saturated rings. The van der Waals surface area contributed by atoms with Gasteiger partial charge in [0.05, 0.1) is 16.7 Å². The first-order chi connectivity index (χ1) is 11.5. The summed E-state index contributed by atoms with van der Waals surface area (Å²) < 4.78 is 5.33. The Morgan fingerprint density at radius 3 is 2.58 bits per heavy atom. The van der Waals surface area contributed by atoms with Crippen LogP contribution in [0.15, 0.2) is 48.0 Å². The molecule has 4 nitrogen and oxygen atoms in total. The number of rotatable bonds is 5. The second-order valence-corrected chi connectivity index (χ2v) is 5.51. The number of carbonyl (C=O) groups is 1. The van der Waals surface area contributed by atoms with E-state index in [0.717, 1.165) is 0 Å². The molecule has 24 heavy (non-hydrogen) atoms. The van der Waals surface area contributed by atoms with E-state index in [9.17, 15) is 10.1 Å². The van der Waals surface area contributed by atoms with Gasteiger partial charge in [-0.15, -0.1) is 0 Å². The highest BCUT2D eigenvalue weighted by molar-refractivity contribution is 6.43. The van der Waals surface area contributed by atoms with E-state index in [1.165, 1.54) is 6.08 Å². The molecule has 0 radical (unpaired) electrons. The number of nitrogens with one attached hydrogen (secondary N) is 1. The van der Waals surface area contributed by atoms with E-state index in [-0.39, 0.29) is 5.57 Å². The van der Waals surface area contributed by atoms with Gasteiger partial charge in [-0.25, -0.2) is 0 Å². The molecule has 1 amide bonds.